The van der Waals surface area contributed by atoms with Crippen molar-refractivity contribution in [2.75, 3.05) is 13.7 Å². The molecule has 0 fully saturated rings. The number of hydrogen-bond acceptors (Lipinski definition) is 3. The van der Waals surface area contributed by atoms with E-state index in [1.807, 2.05) is 0 Å². The lowest BCUT2D eigenvalue weighted by Gasteiger charge is -2.34. The summed E-state index contributed by atoms with van der Waals surface area (Å²) in [5.41, 5.74) is 1.77. The van der Waals surface area contributed by atoms with Gasteiger partial charge in [-0.3, -0.25) is 9.59 Å². The molecule has 0 saturated heterocycles. The van der Waals surface area contributed by atoms with Crippen molar-refractivity contribution < 1.29 is 27.5 Å². The van der Waals surface area contributed by atoms with E-state index in [0.717, 1.165) is 23.3 Å². The van der Waals surface area contributed by atoms with Gasteiger partial charge in [0.2, 0.25) is 12.3 Å². The van der Waals surface area contributed by atoms with E-state index in [1.165, 1.54) is 24.1 Å². The van der Waals surface area contributed by atoms with Crippen LogP contribution in [0, 0.1) is 5.82 Å². The van der Waals surface area contributed by atoms with Crippen molar-refractivity contribution in [3.63, 3.8) is 0 Å². The number of fused-ring (bicyclic) bond motifs is 1. The van der Waals surface area contributed by atoms with E-state index >= 15 is 0 Å². The molecule has 0 bridgehead atoms. The maximum absolute atomic E-state index is 13.6. The highest BCUT2D eigenvalue weighted by atomic mass is 19.3. The Labute approximate surface area is 160 Å². The normalized spacial score (nSPS) is 17.2. The first-order valence-corrected chi connectivity index (χ1v) is 8.87. The number of benzene rings is 2. The van der Waals surface area contributed by atoms with E-state index in [2.05, 4.69) is 0 Å². The number of esters is 1. The molecule has 1 aliphatic heterocycles. The van der Waals surface area contributed by atoms with Crippen molar-refractivity contribution in [3.8, 4) is 0 Å². The van der Waals surface area contributed by atoms with Gasteiger partial charge in [-0.25, -0.2) is 13.2 Å². The quantitative estimate of drug-likeness (QED) is 0.727. The van der Waals surface area contributed by atoms with Gasteiger partial charge < -0.3 is 9.64 Å². The van der Waals surface area contributed by atoms with Crippen LogP contribution in [0.25, 0.3) is 0 Å². The van der Waals surface area contributed by atoms with Gasteiger partial charge in [0.05, 0.1) is 18.9 Å². The van der Waals surface area contributed by atoms with Crippen LogP contribution in [0.1, 0.15) is 34.9 Å². The molecule has 0 aliphatic carbocycles. The summed E-state index contributed by atoms with van der Waals surface area (Å²) in [5.74, 6) is -3.50. The van der Waals surface area contributed by atoms with Gasteiger partial charge in [0, 0.05) is 19.5 Å². The van der Waals surface area contributed by atoms with Crippen molar-refractivity contribution in [1.82, 2.24) is 4.90 Å². The van der Waals surface area contributed by atoms with Gasteiger partial charge in [0.15, 0.2) is 0 Å². The monoisotopic (exact) mass is 391 g/mol. The third-order valence-corrected chi connectivity index (χ3v) is 5.03. The summed E-state index contributed by atoms with van der Waals surface area (Å²) in [7, 11) is 1.27. The molecule has 0 N–H and O–H groups in total. The molecular formula is C21H20F3NO3. The summed E-state index contributed by atoms with van der Waals surface area (Å²) in [6.07, 6.45) is -3.21. The maximum Gasteiger partial charge on any atom is 0.314 e. The summed E-state index contributed by atoms with van der Waals surface area (Å²) >= 11 is 0. The summed E-state index contributed by atoms with van der Waals surface area (Å²) < 4.78 is 45.1. The van der Waals surface area contributed by atoms with Crippen LogP contribution in [-0.2, 0) is 20.9 Å². The molecule has 1 aliphatic rings. The molecule has 0 aromatic heterocycles. The lowest BCUT2D eigenvalue weighted by molar-refractivity contribution is -0.144. The summed E-state index contributed by atoms with van der Waals surface area (Å²) in [6, 6.07) is 11.9. The van der Waals surface area contributed by atoms with E-state index in [-0.39, 0.29) is 18.7 Å². The Morgan fingerprint density at radius 2 is 1.82 bits per heavy atom. The van der Waals surface area contributed by atoms with Gasteiger partial charge in [-0.1, -0.05) is 36.4 Å². The lowest BCUT2D eigenvalue weighted by atomic mass is 9.88. The number of methoxy groups -OCH3 is 1. The van der Waals surface area contributed by atoms with Gasteiger partial charge in [0.1, 0.15) is 5.82 Å². The fraction of sp³-hybridized carbons (Fsp3) is 0.333. The second kappa shape index (κ2) is 8.46. The zero-order valence-corrected chi connectivity index (χ0v) is 15.3. The lowest BCUT2D eigenvalue weighted by Crippen LogP contribution is -2.41. The number of hydrogen-bond donors (Lipinski definition) is 0. The highest BCUT2D eigenvalue weighted by Gasteiger charge is 2.35. The topological polar surface area (TPSA) is 46.6 Å². The molecule has 0 spiro atoms. The predicted molar refractivity (Wildman–Crippen MR) is 96.4 cm³/mol. The first-order chi connectivity index (χ1) is 13.4. The fourth-order valence-corrected chi connectivity index (χ4v) is 3.52. The van der Waals surface area contributed by atoms with Gasteiger partial charge >= 0.3 is 5.97 Å². The average molecular weight is 391 g/mol. The third kappa shape index (κ3) is 4.18. The second-order valence-electron chi connectivity index (χ2n) is 6.75. The molecule has 1 heterocycles. The molecule has 2 atom stereocenters. The Hall–Kier alpha value is -2.83. The molecule has 4 nitrogen and oxygen atoms in total. The standard InChI is InChI=1S/C21H20F3NO3/c1-28-21(27)18-12-25(11-14-4-2-3-5-16(14)18)19(26)10-17(20(23)24)13-6-8-15(22)9-7-13/h2-9,17-18,20H,10-12H2,1H3. The molecular weight excluding hydrogens is 371 g/mol. The van der Waals surface area contributed by atoms with Crippen molar-refractivity contribution in [3.05, 3.63) is 71.0 Å². The summed E-state index contributed by atoms with van der Waals surface area (Å²) in [4.78, 5) is 26.4. The summed E-state index contributed by atoms with van der Waals surface area (Å²) in [5, 5.41) is 0. The van der Waals surface area contributed by atoms with Crippen molar-refractivity contribution in [2.24, 2.45) is 0 Å². The van der Waals surface area contributed by atoms with E-state index in [9.17, 15) is 22.8 Å². The number of carbonyl (C=O) groups excluding carboxylic acids is 2. The van der Waals surface area contributed by atoms with Crippen molar-refractivity contribution >= 4 is 11.9 Å². The van der Waals surface area contributed by atoms with E-state index in [4.69, 9.17) is 4.74 Å². The molecule has 148 valence electrons. The first-order valence-electron chi connectivity index (χ1n) is 8.87. The van der Waals surface area contributed by atoms with Crippen LogP contribution >= 0.6 is 0 Å². The van der Waals surface area contributed by atoms with Crippen LogP contribution in [0.4, 0.5) is 13.2 Å². The van der Waals surface area contributed by atoms with Crippen molar-refractivity contribution in [1.29, 1.82) is 0 Å². The molecule has 28 heavy (non-hydrogen) atoms. The Balaban J connectivity index is 1.81. The highest BCUT2D eigenvalue weighted by Crippen LogP contribution is 2.32. The number of halogens is 3. The molecule has 1 amide bonds. The Bertz CT molecular complexity index is 854. The van der Waals surface area contributed by atoms with Crippen LogP contribution in [0.3, 0.4) is 0 Å². The first kappa shape index (κ1) is 19.9. The van der Waals surface area contributed by atoms with Crippen LogP contribution in [-0.4, -0.2) is 36.9 Å². The average Bonchev–Trinajstić information content (AvgIpc) is 2.71. The van der Waals surface area contributed by atoms with E-state index in [1.54, 1.807) is 24.3 Å². The van der Waals surface area contributed by atoms with Crippen LogP contribution in [0.2, 0.25) is 0 Å². The Kier molecular flexibility index (Phi) is 6.02. The van der Waals surface area contributed by atoms with Crippen LogP contribution < -0.4 is 0 Å². The Morgan fingerprint density at radius 1 is 1.14 bits per heavy atom. The molecule has 3 rings (SSSR count). The van der Waals surface area contributed by atoms with E-state index in [0.29, 0.717) is 0 Å². The minimum atomic E-state index is -2.78. The van der Waals surface area contributed by atoms with Gasteiger partial charge in [-0.2, -0.15) is 0 Å². The predicted octanol–water partition coefficient (Wildman–Crippen LogP) is 3.86. The Morgan fingerprint density at radius 3 is 2.46 bits per heavy atom. The number of alkyl halides is 2. The van der Waals surface area contributed by atoms with Gasteiger partial charge in [-0.15, -0.1) is 0 Å². The number of carbonyl (C=O) groups is 2. The minimum absolute atomic E-state index is 0.0713. The third-order valence-electron chi connectivity index (χ3n) is 5.03. The molecule has 7 heteroatoms. The smallest absolute Gasteiger partial charge is 0.314 e. The maximum atomic E-state index is 13.6. The van der Waals surface area contributed by atoms with Crippen molar-refractivity contribution in [2.45, 2.75) is 31.2 Å². The second-order valence-corrected chi connectivity index (χ2v) is 6.75. The fourth-order valence-electron chi connectivity index (χ4n) is 3.52. The molecule has 0 radical (unpaired) electrons. The number of rotatable bonds is 5. The largest absolute Gasteiger partial charge is 0.468 e. The summed E-state index contributed by atoms with van der Waals surface area (Å²) in [6.45, 7) is 0.309. The highest BCUT2D eigenvalue weighted by molar-refractivity contribution is 5.83. The zero-order chi connectivity index (χ0) is 20.3. The SMILES string of the molecule is COC(=O)C1CN(C(=O)CC(c2ccc(F)cc2)C(F)F)Cc2ccccc21. The van der Waals surface area contributed by atoms with Crippen LogP contribution in [0.5, 0.6) is 0 Å². The number of ether oxygens (including phenoxy) is 1. The molecule has 2 aromatic carbocycles. The minimum Gasteiger partial charge on any atom is -0.468 e. The van der Waals surface area contributed by atoms with Gasteiger partial charge in [-0.05, 0) is 28.8 Å². The van der Waals surface area contributed by atoms with E-state index < -0.39 is 42.4 Å². The number of nitrogens with zero attached hydrogens (tertiary/aromatic N) is 1. The molecule has 2 unspecified atom stereocenters. The number of amides is 1. The molecule has 2 aromatic rings. The zero-order valence-electron chi connectivity index (χ0n) is 15.3. The van der Waals surface area contributed by atoms with Crippen LogP contribution in [0.15, 0.2) is 48.5 Å². The molecule has 0 saturated carbocycles. The van der Waals surface area contributed by atoms with Gasteiger partial charge in [0.25, 0.3) is 0 Å².